The van der Waals surface area contributed by atoms with Gasteiger partial charge in [0, 0.05) is 19.0 Å². The van der Waals surface area contributed by atoms with Crippen molar-refractivity contribution in [2.24, 2.45) is 5.92 Å². The lowest BCUT2D eigenvalue weighted by atomic mass is 9.97. The van der Waals surface area contributed by atoms with Crippen LogP contribution in [0.1, 0.15) is 18.4 Å². The molecule has 0 atom stereocenters. The number of hydrogen-bond donors (Lipinski definition) is 1. The first-order valence-electron chi connectivity index (χ1n) is 8.70. The number of amides is 1. The molecule has 0 saturated carbocycles. The van der Waals surface area contributed by atoms with Gasteiger partial charge in [-0.2, -0.15) is 4.31 Å². The molecule has 5 nitrogen and oxygen atoms in total. The fourth-order valence-electron chi connectivity index (χ4n) is 3.10. The zero-order chi connectivity index (χ0) is 20.5. The highest BCUT2D eigenvalue weighted by Crippen LogP contribution is 2.28. The van der Waals surface area contributed by atoms with Crippen molar-refractivity contribution in [3.05, 3.63) is 57.8 Å². The zero-order valence-electron chi connectivity index (χ0n) is 15.1. The molecule has 2 aromatic rings. The summed E-state index contributed by atoms with van der Waals surface area (Å²) in [5.41, 5.74) is 1.52. The van der Waals surface area contributed by atoms with Gasteiger partial charge in [-0.3, -0.25) is 4.79 Å². The molecule has 1 fully saturated rings. The van der Waals surface area contributed by atoms with Crippen LogP contribution < -0.4 is 5.32 Å². The molecule has 0 unspecified atom stereocenters. The Morgan fingerprint density at radius 1 is 1.11 bits per heavy atom. The number of nitrogens with one attached hydrogen (secondary N) is 1. The first-order valence-corrected chi connectivity index (χ1v) is 10.9. The van der Waals surface area contributed by atoms with Gasteiger partial charge in [-0.1, -0.05) is 29.3 Å². The number of sulfonamides is 1. The predicted octanol–water partition coefficient (Wildman–Crippen LogP) is 4.48. The van der Waals surface area contributed by atoms with Crippen molar-refractivity contribution in [2.45, 2.75) is 24.7 Å². The Labute approximate surface area is 173 Å². The lowest BCUT2D eigenvalue weighted by Gasteiger charge is -2.30. The first kappa shape index (κ1) is 21.0. The van der Waals surface area contributed by atoms with Crippen LogP contribution in [-0.2, 0) is 14.8 Å². The highest BCUT2D eigenvalue weighted by molar-refractivity contribution is 7.89. The number of aryl methyl sites for hydroxylation is 1. The minimum absolute atomic E-state index is 0.0618. The highest BCUT2D eigenvalue weighted by atomic mass is 35.5. The van der Waals surface area contributed by atoms with Crippen LogP contribution in [0.5, 0.6) is 0 Å². The number of benzene rings is 2. The second kappa shape index (κ2) is 8.37. The maximum atomic E-state index is 13.3. The van der Waals surface area contributed by atoms with E-state index in [0.717, 1.165) is 17.7 Å². The van der Waals surface area contributed by atoms with Gasteiger partial charge in [0.25, 0.3) is 0 Å². The smallest absolute Gasteiger partial charge is 0.243 e. The second-order valence-electron chi connectivity index (χ2n) is 6.73. The van der Waals surface area contributed by atoms with E-state index in [1.54, 1.807) is 12.1 Å². The van der Waals surface area contributed by atoms with E-state index in [1.807, 2.05) is 13.0 Å². The minimum Gasteiger partial charge on any atom is -0.325 e. The van der Waals surface area contributed by atoms with Crippen molar-refractivity contribution in [1.29, 1.82) is 0 Å². The SMILES string of the molecule is Cc1ccc(NC(=O)C2CCN(S(=O)(=O)c3ccc(F)c(Cl)c3)CC2)c(Cl)c1. The van der Waals surface area contributed by atoms with Crippen LogP contribution in [0.2, 0.25) is 10.0 Å². The van der Waals surface area contributed by atoms with Gasteiger partial charge in [0.05, 0.1) is 20.6 Å². The van der Waals surface area contributed by atoms with Crippen LogP contribution in [0, 0.1) is 18.7 Å². The lowest BCUT2D eigenvalue weighted by Crippen LogP contribution is -2.41. The highest BCUT2D eigenvalue weighted by Gasteiger charge is 2.32. The molecule has 9 heteroatoms. The summed E-state index contributed by atoms with van der Waals surface area (Å²) in [7, 11) is -3.79. The number of carbonyl (C=O) groups is 1. The third-order valence-corrected chi connectivity index (χ3v) is 7.23. The topological polar surface area (TPSA) is 66.5 Å². The molecular formula is C19H19Cl2FN2O3S. The summed E-state index contributed by atoms with van der Waals surface area (Å²) in [6, 6.07) is 8.68. The summed E-state index contributed by atoms with van der Waals surface area (Å²) in [4.78, 5) is 12.5. The van der Waals surface area contributed by atoms with Crippen molar-refractivity contribution in [3.63, 3.8) is 0 Å². The van der Waals surface area contributed by atoms with Crippen molar-refractivity contribution >= 4 is 44.8 Å². The molecule has 0 bridgehead atoms. The van der Waals surface area contributed by atoms with E-state index < -0.39 is 15.8 Å². The Morgan fingerprint density at radius 2 is 1.79 bits per heavy atom. The largest absolute Gasteiger partial charge is 0.325 e. The van der Waals surface area contributed by atoms with Crippen LogP contribution in [0.4, 0.5) is 10.1 Å². The molecule has 0 radical (unpaired) electrons. The zero-order valence-corrected chi connectivity index (χ0v) is 17.4. The number of nitrogens with zero attached hydrogens (tertiary/aromatic N) is 1. The van der Waals surface area contributed by atoms with Gasteiger partial charge in [0.15, 0.2) is 0 Å². The first-order chi connectivity index (χ1) is 13.2. The lowest BCUT2D eigenvalue weighted by molar-refractivity contribution is -0.120. The molecule has 0 spiro atoms. The van der Waals surface area contributed by atoms with Gasteiger partial charge < -0.3 is 5.32 Å². The number of rotatable bonds is 4. The second-order valence-corrected chi connectivity index (χ2v) is 9.48. The Kier molecular flexibility index (Phi) is 6.29. The van der Waals surface area contributed by atoms with Crippen molar-refractivity contribution in [2.75, 3.05) is 18.4 Å². The normalized spacial score (nSPS) is 16.1. The third kappa shape index (κ3) is 4.49. The molecular weight excluding hydrogens is 426 g/mol. The Bertz CT molecular complexity index is 1010. The average molecular weight is 445 g/mol. The number of halogens is 3. The number of hydrogen-bond acceptors (Lipinski definition) is 3. The Hall–Kier alpha value is -1.67. The van der Waals surface area contributed by atoms with E-state index in [9.17, 15) is 17.6 Å². The number of anilines is 1. The number of piperidine rings is 1. The number of carbonyl (C=O) groups excluding carboxylic acids is 1. The van der Waals surface area contributed by atoms with E-state index in [4.69, 9.17) is 23.2 Å². The van der Waals surface area contributed by atoms with E-state index in [-0.39, 0.29) is 34.8 Å². The van der Waals surface area contributed by atoms with Crippen LogP contribution >= 0.6 is 23.2 Å². The molecule has 1 heterocycles. The molecule has 0 aliphatic carbocycles. The monoisotopic (exact) mass is 444 g/mol. The third-order valence-electron chi connectivity index (χ3n) is 4.74. The van der Waals surface area contributed by atoms with Gasteiger partial charge >= 0.3 is 0 Å². The Morgan fingerprint density at radius 3 is 2.39 bits per heavy atom. The molecule has 1 saturated heterocycles. The van der Waals surface area contributed by atoms with E-state index >= 15 is 0 Å². The average Bonchev–Trinajstić information content (AvgIpc) is 2.66. The van der Waals surface area contributed by atoms with Gasteiger partial charge in [0.2, 0.25) is 15.9 Å². The molecule has 1 aliphatic rings. The van der Waals surface area contributed by atoms with Crippen LogP contribution in [0.25, 0.3) is 0 Å². The molecule has 150 valence electrons. The van der Waals surface area contributed by atoms with Crippen LogP contribution in [0.3, 0.4) is 0 Å². The summed E-state index contributed by atoms with van der Waals surface area (Å²) >= 11 is 11.8. The van der Waals surface area contributed by atoms with Crippen LogP contribution in [-0.4, -0.2) is 31.7 Å². The minimum atomic E-state index is -3.79. The van der Waals surface area contributed by atoms with Crippen molar-refractivity contribution in [3.8, 4) is 0 Å². The van der Waals surface area contributed by atoms with Gasteiger partial charge in [-0.25, -0.2) is 12.8 Å². The van der Waals surface area contributed by atoms with Gasteiger partial charge in [-0.05, 0) is 55.7 Å². The van der Waals surface area contributed by atoms with E-state index in [1.165, 1.54) is 10.4 Å². The maximum Gasteiger partial charge on any atom is 0.243 e. The fourth-order valence-corrected chi connectivity index (χ4v) is 5.13. The maximum absolute atomic E-state index is 13.3. The van der Waals surface area contributed by atoms with Crippen molar-refractivity contribution < 1.29 is 17.6 Å². The molecule has 28 heavy (non-hydrogen) atoms. The molecule has 3 rings (SSSR count). The summed E-state index contributed by atoms with van der Waals surface area (Å²) in [6.45, 7) is 2.29. The van der Waals surface area contributed by atoms with Crippen LogP contribution in [0.15, 0.2) is 41.3 Å². The summed E-state index contributed by atoms with van der Waals surface area (Å²) in [5.74, 6) is -1.18. The standard InChI is InChI=1S/C19H19Cl2FN2O3S/c1-12-2-5-18(16(21)10-12)23-19(25)13-6-8-24(9-7-13)28(26,27)14-3-4-17(22)15(20)11-14/h2-5,10-11,13H,6-9H2,1H3,(H,23,25). The van der Waals surface area contributed by atoms with E-state index in [2.05, 4.69) is 5.32 Å². The van der Waals surface area contributed by atoms with Crippen molar-refractivity contribution in [1.82, 2.24) is 4.31 Å². The van der Waals surface area contributed by atoms with Gasteiger partial charge in [-0.15, -0.1) is 0 Å². The molecule has 1 N–H and O–H groups in total. The molecule has 0 aromatic heterocycles. The summed E-state index contributed by atoms with van der Waals surface area (Å²) in [6.07, 6.45) is 0.757. The molecule has 1 aliphatic heterocycles. The fraction of sp³-hybridized carbons (Fsp3) is 0.316. The summed E-state index contributed by atoms with van der Waals surface area (Å²) in [5, 5.41) is 3.02. The quantitative estimate of drug-likeness (QED) is 0.755. The van der Waals surface area contributed by atoms with E-state index in [0.29, 0.717) is 23.6 Å². The summed E-state index contributed by atoms with van der Waals surface area (Å²) < 4.78 is 40.0. The Balaban J connectivity index is 1.64. The molecule has 2 aromatic carbocycles. The predicted molar refractivity (Wildman–Crippen MR) is 108 cm³/mol. The molecule has 1 amide bonds. The van der Waals surface area contributed by atoms with Gasteiger partial charge in [0.1, 0.15) is 5.82 Å².